The normalized spacial score (nSPS) is 25.6. The van der Waals surface area contributed by atoms with Crippen molar-refractivity contribution in [3.63, 3.8) is 0 Å². The number of rotatable bonds is 13. The highest BCUT2D eigenvalue weighted by atomic mass is 32.2. The zero-order chi connectivity index (χ0) is 43.1. The molecule has 0 saturated heterocycles. The van der Waals surface area contributed by atoms with Crippen LogP contribution in [0.2, 0.25) is 0 Å². The molecule has 56 heavy (non-hydrogen) atoms. The van der Waals surface area contributed by atoms with Crippen LogP contribution in [0.25, 0.3) is 0 Å². The minimum Gasteiger partial charge on any atom is -0.459 e. The topological polar surface area (TPSA) is 188 Å². The Bertz CT molecular complexity index is 1810. The third kappa shape index (κ3) is 11.1. The Labute approximate surface area is 318 Å². The minimum absolute atomic E-state index is 0.0113. The van der Waals surface area contributed by atoms with Gasteiger partial charge >= 0.3 is 45.6 Å². The van der Waals surface area contributed by atoms with E-state index < -0.39 is 95.7 Å². The van der Waals surface area contributed by atoms with E-state index in [1.54, 1.807) is 13.8 Å². The fraction of sp³-hybridized carbons (Fsp3) is 0.735. The number of ether oxygens (including phenoxy) is 3. The van der Waals surface area contributed by atoms with E-state index in [1.807, 2.05) is 20.8 Å². The van der Waals surface area contributed by atoms with Crippen molar-refractivity contribution in [2.24, 2.45) is 22.7 Å². The van der Waals surface area contributed by atoms with Crippen molar-refractivity contribution in [2.45, 2.75) is 127 Å². The molecule has 0 radical (unpaired) electrons. The first-order valence-corrected chi connectivity index (χ1v) is 20.4. The number of halogens is 8. The van der Waals surface area contributed by atoms with Gasteiger partial charge < -0.3 is 14.2 Å². The molecule has 12 nitrogen and oxygen atoms in total. The van der Waals surface area contributed by atoms with Gasteiger partial charge in [0.05, 0.1) is 16.4 Å². The molecule has 2 N–H and O–H groups in total. The fourth-order valence-corrected chi connectivity index (χ4v) is 8.57. The minimum atomic E-state index is -6.46. The van der Waals surface area contributed by atoms with E-state index in [0.717, 1.165) is 30.5 Å². The number of alkyl halides is 8. The van der Waals surface area contributed by atoms with Crippen LogP contribution in [0.5, 0.6) is 0 Å². The van der Waals surface area contributed by atoms with Gasteiger partial charge in [-0.2, -0.15) is 52.0 Å². The van der Waals surface area contributed by atoms with Gasteiger partial charge in [0.2, 0.25) is 6.10 Å². The number of hydrogen-bond acceptors (Lipinski definition) is 10. The molecule has 4 fully saturated rings. The third-order valence-electron chi connectivity index (χ3n) is 10.7. The van der Waals surface area contributed by atoms with Gasteiger partial charge in [0.15, 0.2) is 0 Å². The Morgan fingerprint density at radius 1 is 0.839 bits per heavy atom. The molecule has 4 aliphatic carbocycles. The highest BCUT2D eigenvalue weighted by molar-refractivity contribution is 7.87. The second kappa shape index (κ2) is 16.3. The predicted octanol–water partition coefficient (Wildman–Crippen LogP) is 7.44. The molecule has 1 aromatic rings. The van der Waals surface area contributed by atoms with E-state index in [4.69, 9.17) is 13.8 Å². The van der Waals surface area contributed by atoms with Gasteiger partial charge in [0, 0.05) is 6.42 Å². The summed E-state index contributed by atoms with van der Waals surface area (Å²) < 4.78 is 179. The summed E-state index contributed by atoms with van der Waals surface area (Å²) in [5.41, 5.74) is -2.64. The molecular formula is C34H44F8O12S2. The molecule has 0 aliphatic heterocycles. The van der Waals surface area contributed by atoms with Gasteiger partial charge in [0.25, 0.3) is 16.2 Å². The van der Waals surface area contributed by atoms with Crippen LogP contribution in [0.1, 0.15) is 108 Å². The van der Waals surface area contributed by atoms with Gasteiger partial charge in [0.1, 0.15) is 11.4 Å². The second-order valence-electron chi connectivity index (χ2n) is 15.5. The van der Waals surface area contributed by atoms with Crippen molar-refractivity contribution in [1.82, 2.24) is 0 Å². The van der Waals surface area contributed by atoms with Crippen LogP contribution in [-0.2, 0) is 44.0 Å². The molecule has 0 heterocycles. The average Bonchev–Trinajstić information content (AvgIpc) is 3.03. The summed E-state index contributed by atoms with van der Waals surface area (Å²) in [4.78, 5) is 37.4. The third-order valence-corrected chi connectivity index (χ3v) is 12.3. The lowest BCUT2D eigenvalue weighted by molar-refractivity contribution is -0.248. The van der Waals surface area contributed by atoms with Crippen molar-refractivity contribution >= 4 is 38.1 Å². The highest BCUT2D eigenvalue weighted by Crippen LogP contribution is 2.63. The van der Waals surface area contributed by atoms with Crippen molar-refractivity contribution in [3.05, 3.63) is 35.4 Å². The van der Waals surface area contributed by atoms with Crippen LogP contribution in [0, 0.1) is 22.7 Å². The first kappa shape index (κ1) is 47.3. The van der Waals surface area contributed by atoms with Gasteiger partial charge in [-0.3, -0.25) is 18.7 Å². The molecule has 22 heteroatoms. The summed E-state index contributed by atoms with van der Waals surface area (Å²) in [5, 5.41) is -5.75. The molecule has 5 rings (SSSR count). The molecule has 0 amide bonds. The monoisotopic (exact) mass is 860 g/mol. The fourth-order valence-electron chi connectivity index (χ4n) is 7.48. The van der Waals surface area contributed by atoms with Crippen LogP contribution in [0.4, 0.5) is 35.1 Å². The zero-order valence-corrected chi connectivity index (χ0v) is 32.5. The summed E-state index contributed by atoms with van der Waals surface area (Å²) >= 11 is 0. The molecule has 320 valence electrons. The number of carbonyl (C=O) groups excluding carboxylic acids is 3. The number of carbonyl (C=O) groups is 3. The average molecular weight is 861 g/mol. The van der Waals surface area contributed by atoms with Gasteiger partial charge in [-0.15, -0.1) is 0 Å². The summed E-state index contributed by atoms with van der Waals surface area (Å²) in [6.45, 7) is 9.11. The Balaban J connectivity index is 0.000000308. The molecule has 0 aromatic heterocycles. The van der Waals surface area contributed by atoms with Crippen molar-refractivity contribution in [3.8, 4) is 0 Å². The summed E-state index contributed by atoms with van der Waals surface area (Å²) in [6, 6.07) is 4.97. The molecule has 5 atom stereocenters. The maximum absolute atomic E-state index is 13.3. The number of esters is 3. The van der Waals surface area contributed by atoms with E-state index in [1.165, 1.54) is 12.1 Å². The lowest BCUT2D eigenvalue weighted by Gasteiger charge is -2.60. The van der Waals surface area contributed by atoms with E-state index in [9.17, 15) is 66.3 Å². The van der Waals surface area contributed by atoms with Crippen LogP contribution in [0.15, 0.2) is 24.3 Å². The Kier molecular flexibility index (Phi) is 13.7. The van der Waals surface area contributed by atoms with Crippen molar-refractivity contribution in [1.29, 1.82) is 0 Å². The van der Waals surface area contributed by atoms with Gasteiger partial charge in [-0.05, 0) is 94.2 Å². The quantitative estimate of drug-likeness (QED) is 0.0866. The molecule has 1 aromatic carbocycles. The maximum atomic E-state index is 13.3. The van der Waals surface area contributed by atoms with E-state index in [2.05, 4.69) is 9.47 Å². The highest BCUT2D eigenvalue weighted by Gasteiger charge is 2.66. The molecule has 0 spiro atoms. The molecule has 5 unspecified atom stereocenters. The van der Waals surface area contributed by atoms with Gasteiger partial charge in [-0.25, -0.2) is 4.79 Å². The standard InChI is InChI=1S/C20H29F3O7S.C14H15F5O5S/c1-4-17(2,3)15(24)30-19-8-12-5-13(9-19)7-18(6-12,11-19)16(25)29-14(20(21,22)23)10-31(26,27)28;1-3-8(2)9-4-6-10(7-5-9)11(20)24-12(13(15,16)17)14(18,19)25(21,22)23/h12-14H,4-11H2,1-3H3,(H,26,27,28);4-8,12H,3H2,1-2H3,(H,21,22,23). The van der Waals surface area contributed by atoms with E-state index >= 15 is 0 Å². The molecule has 4 aliphatic rings. The predicted molar refractivity (Wildman–Crippen MR) is 179 cm³/mol. The number of benzene rings is 1. The SMILES string of the molecule is CCC(C)(C)C(=O)OC12CC3CC(C1)CC(C(=O)OC(CS(=O)(=O)O)C(F)(F)F)(C3)C2.CCC(C)c1ccc(C(=O)OC(C(F)(F)F)C(F)(F)S(=O)(=O)O)cc1. The summed E-state index contributed by atoms with van der Waals surface area (Å²) in [5.74, 6) is -4.98. The lowest BCUT2D eigenvalue weighted by atomic mass is 9.48. The largest absolute Gasteiger partial charge is 0.459 e. The van der Waals surface area contributed by atoms with Crippen molar-refractivity contribution in [2.75, 3.05) is 5.75 Å². The van der Waals surface area contributed by atoms with Crippen LogP contribution in [-0.4, -0.2) is 85.0 Å². The summed E-state index contributed by atoms with van der Waals surface area (Å²) in [7, 11) is -11.5. The first-order chi connectivity index (χ1) is 25.2. The summed E-state index contributed by atoms with van der Waals surface area (Å²) in [6.07, 6.45) is -14.5. The lowest BCUT2D eigenvalue weighted by Crippen LogP contribution is -2.61. The molecular weight excluding hydrogens is 816 g/mol. The van der Waals surface area contributed by atoms with Gasteiger partial charge in [-0.1, -0.05) is 32.9 Å². The first-order valence-electron chi connectivity index (χ1n) is 17.4. The van der Waals surface area contributed by atoms with Crippen LogP contribution >= 0.6 is 0 Å². The smallest absolute Gasteiger partial charge is 0.432 e. The molecule has 4 bridgehead atoms. The molecule has 4 saturated carbocycles. The van der Waals surface area contributed by atoms with Crippen LogP contribution in [0.3, 0.4) is 0 Å². The Hall–Kier alpha value is -3.11. The Morgan fingerprint density at radius 2 is 1.36 bits per heavy atom. The Morgan fingerprint density at radius 3 is 1.77 bits per heavy atom. The second-order valence-corrected chi connectivity index (χ2v) is 18.5. The van der Waals surface area contributed by atoms with E-state index in [0.29, 0.717) is 32.1 Å². The van der Waals surface area contributed by atoms with Crippen LogP contribution < -0.4 is 0 Å². The van der Waals surface area contributed by atoms with Crippen molar-refractivity contribution < 1.29 is 89.7 Å². The maximum Gasteiger partial charge on any atom is 0.432 e. The zero-order valence-electron chi connectivity index (χ0n) is 30.9. The number of hydrogen-bond donors (Lipinski definition) is 2. The van der Waals surface area contributed by atoms with E-state index in [-0.39, 0.29) is 24.2 Å².